The second kappa shape index (κ2) is 22.8. The molecule has 1 aromatic carbocycles. The number of carbonyl (C=O) groups is 8. The average Bonchev–Trinajstić information content (AvgIpc) is 3.84. The maximum atomic E-state index is 14.2. The summed E-state index contributed by atoms with van der Waals surface area (Å²) in [4.78, 5) is 111. The van der Waals surface area contributed by atoms with Crippen LogP contribution in [0, 0.1) is 17.8 Å². The van der Waals surface area contributed by atoms with Crippen LogP contribution in [0.15, 0.2) is 35.9 Å². The molecule has 1 saturated carbocycles. The Kier molecular flexibility index (Phi) is 17.2. The number of anilines is 1. The van der Waals surface area contributed by atoms with Crippen LogP contribution in [-0.2, 0) is 68.5 Å². The first-order chi connectivity index (χ1) is 33.7. The van der Waals surface area contributed by atoms with Gasteiger partial charge in [0.15, 0.2) is 5.72 Å². The van der Waals surface area contributed by atoms with Crippen LogP contribution in [0.5, 0.6) is 5.75 Å². The van der Waals surface area contributed by atoms with Crippen LogP contribution in [-0.4, -0.2) is 150 Å². The van der Waals surface area contributed by atoms with Crippen molar-refractivity contribution in [3.05, 3.63) is 46.5 Å². The molecular weight excluding hydrogens is 968 g/mol. The number of halogens is 1. The molecule has 71 heavy (non-hydrogen) atoms. The number of carbonyl (C=O) groups excluding carboxylic acids is 8. The summed E-state index contributed by atoms with van der Waals surface area (Å²) in [6, 6.07) is 3.55. The quantitative estimate of drug-likeness (QED) is 0.114. The number of nitrogens with zero attached hydrogens (tertiary/aromatic N) is 3. The molecule has 8 atom stereocenters. The summed E-state index contributed by atoms with van der Waals surface area (Å²) >= 11 is 8.12. The van der Waals surface area contributed by atoms with Crippen molar-refractivity contribution in [3.8, 4) is 5.75 Å². The summed E-state index contributed by atoms with van der Waals surface area (Å²) in [6.45, 7) is 5.29. The minimum absolute atomic E-state index is 0.00120. The molecule has 4 saturated heterocycles. The highest BCUT2D eigenvalue weighted by atomic mass is 35.5. The van der Waals surface area contributed by atoms with Gasteiger partial charge in [0, 0.05) is 58.9 Å². The molecule has 1 aromatic rings. The summed E-state index contributed by atoms with van der Waals surface area (Å²) < 4.78 is 34.9. The number of fused-ring (bicyclic) bond motifs is 5. The molecule has 6 amide bonds. The van der Waals surface area contributed by atoms with Crippen molar-refractivity contribution in [2.75, 3.05) is 51.7 Å². The van der Waals surface area contributed by atoms with E-state index in [9.17, 15) is 43.5 Å². The molecule has 6 aliphatic rings. The van der Waals surface area contributed by atoms with E-state index < -0.39 is 95.2 Å². The minimum Gasteiger partial charge on any atom is -0.495 e. The van der Waals surface area contributed by atoms with Crippen LogP contribution in [0.25, 0.3) is 0 Å². The number of epoxide rings is 1. The Morgan fingerprint density at radius 1 is 1.00 bits per heavy atom. The molecule has 2 N–H and O–H groups in total. The van der Waals surface area contributed by atoms with Gasteiger partial charge < -0.3 is 43.3 Å². The molecule has 5 heterocycles. The lowest BCUT2D eigenvalue weighted by molar-refractivity contribution is -0.201. The zero-order chi connectivity index (χ0) is 51.4. The first-order valence-electron chi connectivity index (χ1n) is 23.9. The van der Waals surface area contributed by atoms with Gasteiger partial charge in [-0.2, -0.15) is 0 Å². The monoisotopic (exact) mass is 1030 g/mol. The van der Waals surface area contributed by atoms with Gasteiger partial charge in [0.1, 0.15) is 41.3 Å². The first kappa shape index (κ1) is 53.7. The number of likely N-dealkylation sites (tertiary alicyclic amines) is 1. The van der Waals surface area contributed by atoms with Crippen molar-refractivity contribution in [1.82, 2.24) is 15.3 Å². The Morgan fingerprint density at radius 2 is 1.72 bits per heavy atom. The fourth-order valence-electron chi connectivity index (χ4n) is 9.98. The lowest BCUT2D eigenvalue weighted by Gasteiger charge is -2.42. The fourth-order valence-corrected chi connectivity index (χ4v) is 11.4. The van der Waals surface area contributed by atoms with Crippen molar-refractivity contribution >= 4 is 76.6 Å². The number of methoxy groups -OCH3 is 2. The van der Waals surface area contributed by atoms with Gasteiger partial charge in [-0.05, 0) is 81.7 Å². The molecule has 1 aliphatic carbocycles. The molecule has 5 aliphatic heterocycles. The van der Waals surface area contributed by atoms with Crippen molar-refractivity contribution in [2.24, 2.45) is 17.8 Å². The lowest BCUT2D eigenvalue weighted by Crippen LogP contribution is -2.63. The number of alkyl carbamates (subject to hydrolysis) is 1. The van der Waals surface area contributed by atoms with Crippen molar-refractivity contribution < 1.29 is 76.7 Å². The van der Waals surface area contributed by atoms with E-state index in [1.807, 2.05) is 13.0 Å². The van der Waals surface area contributed by atoms with Gasteiger partial charge in [-0.25, -0.2) is 14.4 Å². The van der Waals surface area contributed by atoms with Crippen molar-refractivity contribution in [2.45, 2.75) is 132 Å². The zero-order valence-electron chi connectivity index (χ0n) is 40.8. The van der Waals surface area contributed by atoms with Gasteiger partial charge in [0.2, 0.25) is 17.7 Å². The number of amides is 6. The number of aliphatic hydroxyl groups is 1. The molecular formula is C49H63ClN4O16S. The van der Waals surface area contributed by atoms with Crippen LogP contribution in [0.1, 0.15) is 90.5 Å². The maximum Gasteiger partial charge on any atom is 0.409 e. The molecule has 2 unspecified atom stereocenters. The highest BCUT2D eigenvalue weighted by Gasteiger charge is 2.64. The van der Waals surface area contributed by atoms with Crippen LogP contribution >= 0.6 is 23.4 Å². The van der Waals surface area contributed by atoms with Gasteiger partial charge in [-0.3, -0.25) is 34.2 Å². The van der Waals surface area contributed by atoms with Crippen molar-refractivity contribution in [3.63, 3.8) is 0 Å². The number of hydrogen-bond donors (Lipinski definition) is 2. The topological polar surface area (TPSA) is 246 Å². The number of ether oxygens (including phenoxy) is 6. The number of esters is 1. The van der Waals surface area contributed by atoms with E-state index in [1.54, 1.807) is 45.2 Å². The van der Waals surface area contributed by atoms with E-state index in [0.29, 0.717) is 60.8 Å². The average molecular weight is 1030 g/mol. The highest BCUT2D eigenvalue weighted by Crippen LogP contribution is 2.49. The van der Waals surface area contributed by atoms with Crippen LogP contribution in [0.4, 0.5) is 10.5 Å². The van der Waals surface area contributed by atoms with Gasteiger partial charge in [-0.15, -0.1) is 16.8 Å². The number of thioether (sulfide) groups is 1. The molecule has 4 bridgehead atoms. The Morgan fingerprint density at radius 3 is 2.41 bits per heavy atom. The van der Waals surface area contributed by atoms with E-state index >= 15 is 0 Å². The summed E-state index contributed by atoms with van der Waals surface area (Å²) in [5.74, 6) is -3.70. The predicted molar refractivity (Wildman–Crippen MR) is 254 cm³/mol. The second-order valence-corrected chi connectivity index (χ2v) is 21.0. The number of benzene rings is 1. The molecule has 388 valence electrons. The second-order valence-electron chi connectivity index (χ2n) is 19.3. The van der Waals surface area contributed by atoms with Crippen LogP contribution < -0.4 is 15.0 Å². The third-order valence-corrected chi connectivity index (χ3v) is 15.9. The molecule has 0 spiro atoms. The van der Waals surface area contributed by atoms with E-state index in [1.165, 1.54) is 35.8 Å². The normalized spacial score (nSPS) is 32.7. The van der Waals surface area contributed by atoms with Gasteiger partial charge in [0.25, 0.3) is 11.8 Å². The summed E-state index contributed by atoms with van der Waals surface area (Å²) in [7, 11) is 4.45. The number of imide groups is 2. The van der Waals surface area contributed by atoms with Crippen molar-refractivity contribution in [1.29, 1.82) is 0 Å². The molecule has 5 fully saturated rings. The third kappa shape index (κ3) is 12.4. The lowest BCUT2D eigenvalue weighted by atomic mass is 9.82. The van der Waals surface area contributed by atoms with Crippen LogP contribution in [0.2, 0.25) is 5.02 Å². The smallest absolute Gasteiger partial charge is 0.409 e. The Bertz CT molecular complexity index is 2310. The largest absolute Gasteiger partial charge is 0.495 e. The maximum absolute atomic E-state index is 14.2. The Hall–Kier alpha value is -5.06. The van der Waals surface area contributed by atoms with E-state index in [0.717, 1.165) is 11.1 Å². The SMILES string of the molecule is COc1cc2cc(c1Cl)N(C)C(=O)C[C@H](OC(=O)COCCCSC1CC(=O)N(C[C@H]3CC[C@H](C(=O)ON4C(=O)CCC4=O)CC3)C1=O)[C@]1(C)O[C@H]1[C@H](C)C1C[C@@](O)(NC(=O)O1)[C@H](OC)/C=C/C=C(\C)C2. The number of nitrogens with one attached hydrogen (secondary N) is 1. The van der Waals surface area contributed by atoms with Gasteiger partial charge in [0.05, 0.1) is 36.5 Å². The zero-order valence-corrected chi connectivity index (χ0v) is 42.4. The molecule has 20 nitrogen and oxygen atoms in total. The number of rotatable bonds is 14. The minimum atomic E-state index is -1.86. The van der Waals surface area contributed by atoms with Gasteiger partial charge >= 0.3 is 18.0 Å². The van der Waals surface area contributed by atoms with Gasteiger partial charge in [-0.1, -0.05) is 42.3 Å². The van der Waals surface area contributed by atoms with E-state index in [4.69, 9.17) is 44.9 Å². The predicted octanol–water partition coefficient (Wildman–Crippen LogP) is 4.35. The fraction of sp³-hybridized carbons (Fsp3) is 0.633. The third-order valence-electron chi connectivity index (χ3n) is 14.2. The first-order valence-corrected chi connectivity index (χ1v) is 25.4. The number of allylic oxidation sites excluding steroid dienone is 3. The highest BCUT2D eigenvalue weighted by molar-refractivity contribution is 8.00. The summed E-state index contributed by atoms with van der Waals surface area (Å²) in [5.41, 5.74) is -1.04. The molecule has 0 aromatic heterocycles. The molecule has 0 radical (unpaired) electrons. The molecule has 7 rings (SSSR count). The number of hydroxylamine groups is 2. The standard InChI is InChI=1S/C49H63ClN4O16S/c1-27-9-7-10-36(65-6)49(63)24-34(67-47(62)51-49)28(2)44-48(3,69-44)37(23-40(57)52(4)32-20-30(19-27)21-33(64-5)43(32)50)68-42(59)26-66-17-8-18-71-35-22-41(58)53(45(35)60)25-29-11-13-31(14-12-29)46(61)70-54-38(55)15-16-39(54)56/h7,9-10,20-21,28-29,31,34-37,44,63H,8,11-19,22-26H2,1-6H3,(H,51,62)/b10-7+,27-9+/t28-,29-,31-,34?,35?,36-,37+,44+,48+,49+/m1/s1. The Labute approximate surface area is 421 Å². The van der Waals surface area contributed by atoms with E-state index in [2.05, 4.69) is 5.32 Å². The number of hydrogen-bond acceptors (Lipinski definition) is 17. The summed E-state index contributed by atoms with van der Waals surface area (Å²) in [6.07, 6.45) is 3.25. The van der Waals surface area contributed by atoms with E-state index in [-0.39, 0.29) is 68.0 Å². The molecule has 22 heteroatoms. The summed E-state index contributed by atoms with van der Waals surface area (Å²) in [5, 5.41) is 14.5. The van der Waals surface area contributed by atoms with Crippen LogP contribution in [0.3, 0.4) is 0 Å². The Balaban J connectivity index is 0.935.